The lowest BCUT2D eigenvalue weighted by Gasteiger charge is -2.04. The lowest BCUT2D eigenvalue weighted by atomic mass is 10.2. The summed E-state index contributed by atoms with van der Waals surface area (Å²) in [7, 11) is 0. The summed E-state index contributed by atoms with van der Waals surface area (Å²) in [5, 5.41) is 31.4. The Balaban J connectivity index is 1.50. The van der Waals surface area contributed by atoms with Gasteiger partial charge in [-0.2, -0.15) is 0 Å². The SMILES string of the molecule is O=C(Cn1cc(COC(=O)c2ccc([N+](=O)[O-])cc2)nn1)Nc1ccc([N+](=O)[O-])cc1. The number of nitrogens with zero attached hydrogens (tertiary/aromatic N) is 5. The van der Waals surface area contributed by atoms with E-state index in [0.29, 0.717) is 11.4 Å². The van der Waals surface area contributed by atoms with Gasteiger partial charge in [-0.15, -0.1) is 5.10 Å². The highest BCUT2D eigenvalue weighted by Gasteiger charge is 2.13. The van der Waals surface area contributed by atoms with Crippen molar-refractivity contribution in [3.05, 3.63) is 86.2 Å². The Kier molecular flexibility index (Phi) is 6.25. The van der Waals surface area contributed by atoms with Gasteiger partial charge < -0.3 is 10.1 Å². The van der Waals surface area contributed by atoms with Crippen molar-refractivity contribution in [2.24, 2.45) is 0 Å². The molecule has 158 valence electrons. The van der Waals surface area contributed by atoms with Crippen molar-refractivity contribution < 1.29 is 24.2 Å². The van der Waals surface area contributed by atoms with E-state index in [2.05, 4.69) is 15.6 Å². The molecule has 3 rings (SSSR count). The molecule has 3 aromatic rings. The second-order valence-corrected chi connectivity index (χ2v) is 6.14. The topological polar surface area (TPSA) is 172 Å². The van der Waals surface area contributed by atoms with Crippen molar-refractivity contribution in [1.29, 1.82) is 0 Å². The van der Waals surface area contributed by atoms with Gasteiger partial charge in [0.05, 0.1) is 21.6 Å². The van der Waals surface area contributed by atoms with Gasteiger partial charge in [0.2, 0.25) is 5.91 Å². The van der Waals surface area contributed by atoms with Crippen LogP contribution in [0.3, 0.4) is 0 Å². The maximum atomic E-state index is 12.1. The highest BCUT2D eigenvalue weighted by atomic mass is 16.6. The number of hydrogen-bond acceptors (Lipinski definition) is 9. The monoisotopic (exact) mass is 426 g/mol. The van der Waals surface area contributed by atoms with Crippen LogP contribution in [0.1, 0.15) is 16.1 Å². The number of anilines is 1. The summed E-state index contributed by atoms with van der Waals surface area (Å²) in [4.78, 5) is 44.2. The number of non-ortho nitro benzene ring substituents is 2. The van der Waals surface area contributed by atoms with E-state index < -0.39 is 21.7 Å². The Bertz CT molecular complexity index is 1130. The number of rotatable bonds is 8. The highest BCUT2D eigenvalue weighted by Crippen LogP contribution is 2.15. The van der Waals surface area contributed by atoms with E-state index in [1.807, 2.05) is 0 Å². The van der Waals surface area contributed by atoms with E-state index in [9.17, 15) is 29.8 Å². The maximum absolute atomic E-state index is 12.1. The summed E-state index contributed by atoms with van der Waals surface area (Å²) in [5.74, 6) is -1.13. The summed E-state index contributed by atoms with van der Waals surface area (Å²) >= 11 is 0. The van der Waals surface area contributed by atoms with Gasteiger partial charge in [0.15, 0.2) is 0 Å². The van der Waals surface area contributed by atoms with Gasteiger partial charge in [-0.25, -0.2) is 9.48 Å². The largest absolute Gasteiger partial charge is 0.455 e. The molecular weight excluding hydrogens is 412 g/mol. The second-order valence-electron chi connectivity index (χ2n) is 6.14. The van der Waals surface area contributed by atoms with Crippen LogP contribution in [-0.4, -0.2) is 36.7 Å². The van der Waals surface area contributed by atoms with Crippen LogP contribution in [0.4, 0.5) is 17.1 Å². The highest BCUT2D eigenvalue weighted by molar-refractivity contribution is 5.90. The smallest absolute Gasteiger partial charge is 0.338 e. The van der Waals surface area contributed by atoms with E-state index in [4.69, 9.17) is 4.74 Å². The van der Waals surface area contributed by atoms with Gasteiger partial charge in [-0.3, -0.25) is 25.0 Å². The minimum Gasteiger partial charge on any atom is -0.455 e. The zero-order valence-corrected chi connectivity index (χ0v) is 15.7. The number of aromatic nitrogens is 3. The number of carbonyl (C=O) groups excluding carboxylic acids is 2. The van der Waals surface area contributed by atoms with E-state index in [1.165, 1.54) is 59.4 Å². The fraction of sp³-hybridized carbons (Fsp3) is 0.111. The number of hydrogen-bond donors (Lipinski definition) is 1. The summed E-state index contributed by atoms with van der Waals surface area (Å²) in [6.45, 7) is -0.389. The molecule has 0 atom stereocenters. The standard InChI is InChI=1S/C18H14N6O7/c25-17(19-13-3-7-16(8-4-13)24(29)30)10-22-9-14(20-21-22)11-31-18(26)12-1-5-15(6-2-12)23(27)28/h1-9H,10-11H2,(H,19,25). The van der Waals surface area contributed by atoms with Crippen molar-refractivity contribution >= 4 is 28.9 Å². The fourth-order valence-electron chi connectivity index (χ4n) is 2.44. The number of carbonyl (C=O) groups is 2. The molecule has 0 aliphatic heterocycles. The molecule has 0 aliphatic carbocycles. The van der Waals surface area contributed by atoms with Gasteiger partial charge in [-0.1, -0.05) is 5.21 Å². The van der Waals surface area contributed by atoms with Crippen LogP contribution < -0.4 is 5.32 Å². The van der Waals surface area contributed by atoms with E-state index in [-0.39, 0.29) is 30.1 Å². The maximum Gasteiger partial charge on any atom is 0.338 e. The molecule has 0 unspecified atom stereocenters. The van der Waals surface area contributed by atoms with E-state index in [1.54, 1.807) is 0 Å². The minimum atomic E-state index is -0.694. The normalized spacial score (nSPS) is 10.3. The summed E-state index contributed by atoms with van der Waals surface area (Å²) < 4.78 is 6.31. The molecule has 13 nitrogen and oxygen atoms in total. The van der Waals surface area contributed by atoms with Crippen LogP contribution in [-0.2, 0) is 22.7 Å². The Labute approximate surface area is 173 Å². The molecule has 1 heterocycles. The van der Waals surface area contributed by atoms with Gasteiger partial charge in [0.1, 0.15) is 18.8 Å². The Hall–Kier alpha value is -4.68. The van der Waals surface area contributed by atoms with Crippen molar-refractivity contribution in [2.75, 3.05) is 5.32 Å². The quantitative estimate of drug-likeness (QED) is 0.321. The van der Waals surface area contributed by atoms with Gasteiger partial charge in [0.25, 0.3) is 11.4 Å². The Morgan fingerprint density at radius 3 is 2.13 bits per heavy atom. The number of nitrogens with one attached hydrogen (secondary N) is 1. The first-order chi connectivity index (χ1) is 14.8. The predicted octanol–water partition coefficient (Wildman–Crippen LogP) is 2.09. The molecule has 0 spiro atoms. The number of nitro benzene ring substituents is 2. The van der Waals surface area contributed by atoms with E-state index in [0.717, 1.165) is 0 Å². The van der Waals surface area contributed by atoms with Crippen LogP contribution in [0.5, 0.6) is 0 Å². The van der Waals surface area contributed by atoms with Crippen LogP contribution in [0.15, 0.2) is 54.7 Å². The number of amides is 1. The van der Waals surface area contributed by atoms with Gasteiger partial charge >= 0.3 is 5.97 Å². The second kappa shape index (κ2) is 9.21. The number of nitro groups is 2. The third-order valence-corrected chi connectivity index (χ3v) is 3.92. The molecule has 0 saturated carbocycles. The van der Waals surface area contributed by atoms with Crippen LogP contribution in [0.2, 0.25) is 0 Å². The van der Waals surface area contributed by atoms with Crippen molar-refractivity contribution in [3.63, 3.8) is 0 Å². The molecule has 1 N–H and O–H groups in total. The van der Waals surface area contributed by atoms with Crippen LogP contribution in [0, 0.1) is 20.2 Å². The molecule has 1 amide bonds. The molecule has 0 radical (unpaired) electrons. The lowest BCUT2D eigenvalue weighted by Crippen LogP contribution is -2.19. The predicted molar refractivity (Wildman–Crippen MR) is 104 cm³/mol. The van der Waals surface area contributed by atoms with Crippen molar-refractivity contribution in [3.8, 4) is 0 Å². The molecule has 0 bridgehead atoms. The molecule has 13 heteroatoms. The lowest BCUT2D eigenvalue weighted by molar-refractivity contribution is -0.385. The minimum absolute atomic E-state index is 0.0952. The first-order valence-electron chi connectivity index (χ1n) is 8.67. The number of ether oxygens (including phenoxy) is 1. The van der Waals surface area contributed by atoms with Crippen LogP contribution in [0.25, 0.3) is 0 Å². The van der Waals surface area contributed by atoms with Crippen LogP contribution >= 0.6 is 0 Å². The molecular formula is C18H14N6O7. The number of esters is 1. The molecule has 0 fully saturated rings. The summed E-state index contributed by atoms with van der Waals surface area (Å²) in [6, 6.07) is 10.3. The average molecular weight is 426 g/mol. The summed E-state index contributed by atoms with van der Waals surface area (Å²) in [5.41, 5.74) is 0.570. The first kappa shape index (κ1) is 21.0. The van der Waals surface area contributed by atoms with Crippen molar-refractivity contribution in [2.45, 2.75) is 13.2 Å². The van der Waals surface area contributed by atoms with Gasteiger partial charge in [-0.05, 0) is 24.3 Å². The fourth-order valence-corrected chi connectivity index (χ4v) is 2.44. The summed E-state index contributed by atoms with van der Waals surface area (Å²) in [6.07, 6.45) is 1.42. The Morgan fingerprint density at radius 1 is 0.968 bits per heavy atom. The van der Waals surface area contributed by atoms with Gasteiger partial charge in [0, 0.05) is 30.0 Å². The average Bonchev–Trinajstić information content (AvgIpc) is 3.19. The third kappa shape index (κ3) is 5.66. The molecule has 1 aromatic heterocycles. The molecule has 0 aliphatic rings. The van der Waals surface area contributed by atoms with E-state index >= 15 is 0 Å². The van der Waals surface area contributed by atoms with Crippen molar-refractivity contribution in [1.82, 2.24) is 15.0 Å². The molecule has 31 heavy (non-hydrogen) atoms. The first-order valence-corrected chi connectivity index (χ1v) is 8.67. The molecule has 2 aromatic carbocycles. The number of benzene rings is 2. The zero-order valence-electron chi connectivity index (χ0n) is 15.7. The zero-order chi connectivity index (χ0) is 22.4. The third-order valence-electron chi connectivity index (χ3n) is 3.92. The molecule has 0 saturated heterocycles. The Morgan fingerprint density at radius 2 is 1.55 bits per heavy atom.